The molecule has 0 radical (unpaired) electrons. The van der Waals surface area contributed by atoms with Gasteiger partial charge in [0.2, 0.25) is 0 Å². The Hall–Kier alpha value is -2.20. The van der Waals surface area contributed by atoms with E-state index in [1.165, 1.54) is 6.07 Å². The van der Waals surface area contributed by atoms with Crippen molar-refractivity contribution >= 4 is 27.3 Å². The van der Waals surface area contributed by atoms with Crippen LogP contribution in [-0.2, 0) is 0 Å². The van der Waals surface area contributed by atoms with E-state index < -0.39 is 0 Å². The number of halogens is 1. The number of nitrogens with zero attached hydrogens (tertiary/aromatic N) is 1. The highest BCUT2D eigenvalue weighted by Gasteiger charge is 2.19. The van der Waals surface area contributed by atoms with Crippen LogP contribution in [0.15, 0.2) is 47.8 Å². The zero-order valence-electron chi connectivity index (χ0n) is 14.0. The molecule has 1 amide bonds. The quantitative estimate of drug-likeness (QED) is 0.607. The standard InChI is InChI=1S/C20H20FNOS/c1-4-13(2)22(3)20(23)15-11-14-9-10-24-19(14)17(12-15)16-7-5-6-8-18(16)21/h5-13H,4H2,1-3H3. The number of benzene rings is 2. The molecular weight excluding hydrogens is 321 g/mol. The molecule has 0 bridgehead atoms. The smallest absolute Gasteiger partial charge is 0.253 e. The van der Waals surface area contributed by atoms with Crippen LogP contribution in [0.1, 0.15) is 30.6 Å². The summed E-state index contributed by atoms with van der Waals surface area (Å²) in [6, 6.07) is 12.6. The molecule has 1 atom stereocenters. The second kappa shape index (κ2) is 6.73. The molecule has 0 saturated heterocycles. The van der Waals surface area contributed by atoms with E-state index >= 15 is 0 Å². The predicted octanol–water partition coefficient (Wildman–Crippen LogP) is 5.58. The van der Waals surface area contributed by atoms with Crippen molar-refractivity contribution in [1.29, 1.82) is 0 Å². The van der Waals surface area contributed by atoms with E-state index in [9.17, 15) is 9.18 Å². The summed E-state index contributed by atoms with van der Waals surface area (Å²) < 4.78 is 15.3. The fourth-order valence-corrected chi connectivity index (χ4v) is 3.67. The number of thiophene rings is 1. The van der Waals surface area contributed by atoms with Crippen LogP contribution in [0, 0.1) is 5.82 Å². The summed E-state index contributed by atoms with van der Waals surface area (Å²) in [6.45, 7) is 4.08. The van der Waals surface area contributed by atoms with E-state index in [1.807, 2.05) is 43.6 Å². The van der Waals surface area contributed by atoms with Crippen LogP contribution in [0.2, 0.25) is 0 Å². The van der Waals surface area contributed by atoms with Gasteiger partial charge in [0.1, 0.15) is 5.82 Å². The Morgan fingerprint density at radius 3 is 2.67 bits per heavy atom. The number of carbonyl (C=O) groups is 1. The van der Waals surface area contributed by atoms with E-state index in [2.05, 4.69) is 6.92 Å². The minimum absolute atomic E-state index is 0.0324. The van der Waals surface area contributed by atoms with Crippen molar-refractivity contribution in [3.63, 3.8) is 0 Å². The topological polar surface area (TPSA) is 20.3 Å². The Morgan fingerprint density at radius 1 is 1.21 bits per heavy atom. The van der Waals surface area contributed by atoms with Crippen molar-refractivity contribution in [2.45, 2.75) is 26.3 Å². The molecule has 2 aromatic carbocycles. The van der Waals surface area contributed by atoms with Gasteiger partial charge in [0.25, 0.3) is 5.91 Å². The average molecular weight is 341 g/mol. The van der Waals surface area contributed by atoms with Crippen LogP contribution in [0.3, 0.4) is 0 Å². The first kappa shape index (κ1) is 16.7. The summed E-state index contributed by atoms with van der Waals surface area (Å²) in [5, 5.41) is 2.95. The van der Waals surface area contributed by atoms with E-state index in [0.29, 0.717) is 11.1 Å². The highest BCUT2D eigenvalue weighted by molar-refractivity contribution is 7.17. The van der Waals surface area contributed by atoms with E-state index in [4.69, 9.17) is 0 Å². The fraction of sp³-hybridized carbons (Fsp3) is 0.250. The van der Waals surface area contributed by atoms with Crippen molar-refractivity contribution in [1.82, 2.24) is 4.90 Å². The molecule has 1 heterocycles. The summed E-state index contributed by atoms with van der Waals surface area (Å²) in [4.78, 5) is 14.6. The second-order valence-electron chi connectivity index (χ2n) is 6.02. The zero-order chi connectivity index (χ0) is 17.3. The van der Waals surface area contributed by atoms with Crippen molar-refractivity contribution in [3.05, 3.63) is 59.2 Å². The molecule has 3 rings (SSSR count). The third kappa shape index (κ3) is 2.94. The van der Waals surface area contributed by atoms with Crippen LogP contribution >= 0.6 is 11.3 Å². The van der Waals surface area contributed by atoms with Gasteiger partial charge in [-0.05, 0) is 48.4 Å². The van der Waals surface area contributed by atoms with Crippen molar-refractivity contribution in [2.75, 3.05) is 7.05 Å². The highest BCUT2D eigenvalue weighted by atomic mass is 32.1. The van der Waals surface area contributed by atoms with Gasteiger partial charge in [0.05, 0.1) is 0 Å². The average Bonchev–Trinajstić information content (AvgIpc) is 3.08. The number of amides is 1. The summed E-state index contributed by atoms with van der Waals surface area (Å²) in [6.07, 6.45) is 0.892. The second-order valence-corrected chi connectivity index (χ2v) is 6.93. The third-order valence-electron chi connectivity index (χ3n) is 4.53. The maximum absolute atomic E-state index is 14.3. The van der Waals surface area contributed by atoms with Crippen LogP contribution in [-0.4, -0.2) is 23.9 Å². The molecule has 1 aromatic heterocycles. The molecule has 0 aliphatic rings. The first-order valence-corrected chi connectivity index (χ1v) is 8.94. The van der Waals surface area contributed by atoms with Crippen molar-refractivity contribution < 1.29 is 9.18 Å². The predicted molar refractivity (Wildman–Crippen MR) is 99.1 cm³/mol. The van der Waals surface area contributed by atoms with Gasteiger partial charge in [-0.1, -0.05) is 25.1 Å². The highest BCUT2D eigenvalue weighted by Crippen LogP contribution is 2.35. The van der Waals surface area contributed by atoms with Gasteiger partial charge in [-0.2, -0.15) is 0 Å². The molecule has 0 aliphatic carbocycles. The first-order chi connectivity index (χ1) is 11.5. The molecule has 0 spiro atoms. The molecule has 2 nitrogen and oxygen atoms in total. The van der Waals surface area contributed by atoms with Gasteiger partial charge < -0.3 is 4.90 Å². The molecule has 0 saturated carbocycles. The number of carbonyl (C=O) groups excluding carboxylic acids is 1. The summed E-state index contributed by atoms with van der Waals surface area (Å²) in [5.41, 5.74) is 1.91. The van der Waals surface area contributed by atoms with Gasteiger partial charge in [0.15, 0.2) is 0 Å². The number of hydrogen-bond acceptors (Lipinski definition) is 2. The van der Waals surface area contributed by atoms with E-state index in [1.54, 1.807) is 28.4 Å². The normalized spacial score (nSPS) is 12.3. The Kier molecular flexibility index (Phi) is 4.67. The minimum atomic E-state index is -0.271. The first-order valence-electron chi connectivity index (χ1n) is 8.06. The largest absolute Gasteiger partial charge is 0.339 e. The van der Waals surface area contributed by atoms with Gasteiger partial charge in [0, 0.05) is 34.5 Å². The van der Waals surface area contributed by atoms with E-state index in [0.717, 1.165) is 22.1 Å². The number of rotatable bonds is 4. The van der Waals surface area contributed by atoms with Crippen LogP contribution < -0.4 is 0 Å². The maximum Gasteiger partial charge on any atom is 0.253 e. The Bertz CT molecular complexity index is 886. The molecule has 3 aromatic rings. The molecule has 24 heavy (non-hydrogen) atoms. The number of hydrogen-bond donors (Lipinski definition) is 0. The third-order valence-corrected chi connectivity index (χ3v) is 5.50. The summed E-state index contributed by atoms with van der Waals surface area (Å²) in [5.74, 6) is -0.304. The van der Waals surface area contributed by atoms with E-state index in [-0.39, 0.29) is 17.8 Å². The van der Waals surface area contributed by atoms with Crippen LogP contribution in [0.25, 0.3) is 21.2 Å². The van der Waals surface area contributed by atoms with Gasteiger partial charge in [-0.15, -0.1) is 11.3 Å². The summed E-state index contributed by atoms with van der Waals surface area (Å²) in [7, 11) is 1.82. The lowest BCUT2D eigenvalue weighted by Crippen LogP contribution is -2.34. The molecule has 0 N–H and O–H groups in total. The van der Waals surface area contributed by atoms with Gasteiger partial charge in [-0.3, -0.25) is 4.79 Å². The Balaban J connectivity index is 2.15. The lowest BCUT2D eigenvalue weighted by atomic mass is 9.99. The minimum Gasteiger partial charge on any atom is -0.339 e. The SMILES string of the molecule is CCC(C)N(C)C(=O)c1cc(-c2ccccc2F)c2sccc2c1. The maximum atomic E-state index is 14.3. The van der Waals surface area contributed by atoms with Gasteiger partial charge in [-0.25, -0.2) is 4.39 Å². The van der Waals surface area contributed by atoms with Crippen LogP contribution in [0.4, 0.5) is 4.39 Å². The zero-order valence-corrected chi connectivity index (χ0v) is 14.9. The Labute approximate surface area is 145 Å². The summed E-state index contributed by atoms with van der Waals surface area (Å²) >= 11 is 1.57. The lowest BCUT2D eigenvalue weighted by Gasteiger charge is -2.24. The monoisotopic (exact) mass is 341 g/mol. The fourth-order valence-electron chi connectivity index (χ4n) is 2.76. The molecule has 1 unspecified atom stereocenters. The molecule has 4 heteroatoms. The van der Waals surface area contributed by atoms with Gasteiger partial charge >= 0.3 is 0 Å². The number of fused-ring (bicyclic) bond motifs is 1. The molecule has 0 fully saturated rings. The van der Waals surface area contributed by atoms with Crippen molar-refractivity contribution in [3.8, 4) is 11.1 Å². The molecular formula is C20H20FNOS. The van der Waals surface area contributed by atoms with Crippen LogP contribution in [0.5, 0.6) is 0 Å². The lowest BCUT2D eigenvalue weighted by molar-refractivity contribution is 0.0741. The van der Waals surface area contributed by atoms with Crippen molar-refractivity contribution in [2.24, 2.45) is 0 Å². The molecule has 0 aliphatic heterocycles. The molecule has 124 valence electrons. The Morgan fingerprint density at radius 2 is 1.96 bits per heavy atom.